The maximum Gasteiger partial charge on any atom is 0.274 e. The van der Waals surface area contributed by atoms with Gasteiger partial charge in [-0.1, -0.05) is 49.3 Å². The van der Waals surface area contributed by atoms with E-state index in [-0.39, 0.29) is 23.5 Å². The fraction of sp³-hybridized carbons (Fsp3) is 0.286. The van der Waals surface area contributed by atoms with Gasteiger partial charge in [0, 0.05) is 31.5 Å². The van der Waals surface area contributed by atoms with Crippen LogP contribution in [0, 0.1) is 11.6 Å². The van der Waals surface area contributed by atoms with Gasteiger partial charge in [-0.3, -0.25) is 9.63 Å². The summed E-state index contributed by atoms with van der Waals surface area (Å²) in [7, 11) is -2.55. The summed E-state index contributed by atoms with van der Waals surface area (Å²) in [6, 6.07) is 17.2. The minimum absolute atomic E-state index is 0.000533. The van der Waals surface area contributed by atoms with Crippen LogP contribution in [0.2, 0.25) is 0 Å². The lowest BCUT2D eigenvalue weighted by molar-refractivity contribution is 0.0537. The zero-order valence-electron chi connectivity index (χ0n) is 21.9. The Labute approximate surface area is 227 Å². The third-order valence-electron chi connectivity index (χ3n) is 5.86. The first-order valence-electron chi connectivity index (χ1n) is 12.4. The van der Waals surface area contributed by atoms with Gasteiger partial charge in [-0.05, 0) is 53.6 Å². The molecule has 0 aromatic heterocycles. The molecule has 1 fully saturated rings. The quantitative estimate of drug-likeness (QED) is 0.381. The number of nitrogens with one attached hydrogen (secondary N) is 1. The molecule has 0 aliphatic carbocycles. The second kappa shape index (κ2) is 13.9. The van der Waals surface area contributed by atoms with Crippen molar-refractivity contribution in [3.8, 4) is 0 Å². The predicted molar refractivity (Wildman–Crippen MR) is 143 cm³/mol. The molecule has 0 spiro atoms. The number of benzene rings is 3. The molecule has 0 saturated carbocycles. The van der Waals surface area contributed by atoms with E-state index in [0.717, 1.165) is 0 Å². The number of carbonyl (C=O) groups is 1. The number of piperidine rings is 1. The maximum atomic E-state index is 13.4. The lowest BCUT2D eigenvalue weighted by Gasteiger charge is -2.27. The van der Waals surface area contributed by atoms with Crippen molar-refractivity contribution >= 4 is 21.6 Å². The largest absolute Gasteiger partial charge is 0.383 e. The van der Waals surface area contributed by atoms with Gasteiger partial charge < -0.3 is 4.84 Å². The van der Waals surface area contributed by atoms with Gasteiger partial charge >= 0.3 is 0 Å². The molecule has 1 aliphatic heterocycles. The number of sulfonamides is 1. The van der Waals surface area contributed by atoms with E-state index in [1.807, 2.05) is 13.8 Å². The highest BCUT2D eigenvalue weighted by atomic mass is 32.2. The minimum Gasteiger partial charge on any atom is -0.383 e. The Morgan fingerprint density at radius 2 is 1.46 bits per heavy atom. The van der Waals surface area contributed by atoms with E-state index < -0.39 is 33.7 Å². The molecule has 39 heavy (non-hydrogen) atoms. The summed E-state index contributed by atoms with van der Waals surface area (Å²) in [5.74, 6) is -1.35. The molecule has 1 amide bonds. The summed E-state index contributed by atoms with van der Waals surface area (Å²) in [4.78, 5) is 22.4. The Hall–Kier alpha value is -3.67. The summed E-state index contributed by atoms with van der Waals surface area (Å²) >= 11 is 0. The highest BCUT2D eigenvalue weighted by Gasteiger charge is 2.29. The van der Waals surface area contributed by atoms with Crippen LogP contribution in [-0.4, -0.2) is 44.5 Å². The lowest BCUT2D eigenvalue weighted by atomic mass is 10.0. The van der Waals surface area contributed by atoms with Gasteiger partial charge in [-0.15, -0.1) is 0 Å². The number of oxime groups is 1. The Bertz CT molecular complexity index is 1330. The van der Waals surface area contributed by atoms with E-state index in [9.17, 15) is 22.0 Å². The molecule has 1 aliphatic rings. The van der Waals surface area contributed by atoms with Crippen LogP contribution in [0.1, 0.15) is 54.3 Å². The van der Waals surface area contributed by atoms with Gasteiger partial charge in [-0.25, -0.2) is 22.7 Å². The first-order valence-corrected chi connectivity index (χ1v) is 13.9. The van der Waals surface area contributed by atoms with Crippen LogP contribution in [0.15, 0.2) is 82.8 Å². The fourth-order valence-corrected chi connectivity index (χ4v) is 5.38. The van der Waals surface area contributed by atoms with E-state index in [4.69, 9.17) is 4.84 Å². The number of hydrogen-bond acceptors (Lipinski definition) is 6. The Morgan fingerprint density at radius 1 is 0.923 bits per heavy atom. The molecule has 0 bridgehead atoms. The summed E-state index contributed by atoms with van der Waals surface area (Å²) in [6.45, 7) is 4.35. The van der Waals surface area contributed by atoms with Crippen molar-refractivity contribution in [2.24, 2.45) is 5.16 Å². The van der Waals surface area contributed by atoms with Crippen molar-refractivity contribution in [2.75, 3.05) is 20.2 Å². The smallest absolute Gasteiger partial charge is 0.274 e. The number of hydroxylamine groups is 1. The number of amides is 1. The molecular formula is C28H31F2N3O5S. The number of nitrogens with zero attached hydrogens (tertiary/aromatic N) is 2. The first kappa shape index (κ1) is 29.9. The number of hydrogen-bond donors (Lipinski definition) is 1. The number of rotatable bonds is 8. The molecular weight excluding hydrogens is 528 g/mol. The van der Waals surface area contributed by atoms with Gasteiger partial charge in [-0.2, -0.15) is 4.31 Å². The summed E-state index contributed by atoms with van der Waals surface area (Å²) in [5.41, 5.74) is 4.25. The van der Waals surface area contributed by atoms with E-state index in [1.165, 1.54) is 59.9 Å². The van der Waals surface area contributed by atoms with Crippen molar-refractivity contribution < 1.29 is 31.7 Å². The van der Waals surface area contributed by atoms with Crippen LogP contribution in [0.4, 0.5) is 8.78 Å². The molecule has 208 valence electrons. The molecule has 0 radical (unpaired) electrons. The maximum absolute atomic E-state index is 13.4. The van der Waals surface area contributed by atoms with Crippen LogP contribution in [0.3, 0.4) is 0 Å². The second-order valence-electron chi connectivity index (χ2n) is 8.31. The van der Waals surface area contributed by atoms with E-state index in [0.29, 0.717) is 29.7 Å². The second-order valence-corrected chi connectivity index (χ2v) is 10.3. The SMILES string of the molecule is CC.CONC(=O)c1cccc(S(=O)(=O)N2CCC(=NOC(c3ccc(F)cc3)c3ccc(F)cc3)CC2)c1. The number of halogens is 2. The zero-order valence-corrected chi connectivity index (χ0v) is 22.8. The van der Waals surface area contributed by atoms with Gasteiger partial charge in [0.15, 0.2) is 6.10 Å². The van der Waals surface area contributed by atoms with Crippen molar-refractivity contribution in [2.45, 2.75) is 37.7 Å². The van der Waals surface area contributed by atoms with Crippen molar-refractivity contribution in [1.29, 1.82) is 0 Å². The fourth-order valence-electron chi connectivity index (χ4n) is 3.89. The van der Waals surface area contributed by atoms with Crippen molar-refractivity contribution in [1.82, 2.24) is 9.79 Å². The molecule has 0 atom stereocenters. The molecule has 1 N–H and O–H groups in total. The number of carbonyl (C=O) groups excluding carboxylic acids is 1. The minimum atomic E-state index is -3.84. The Morgan fingerprint density at radius 3 is 1.97 bits per heavy atom. The third kappa shape index (κ3) is 7.69. The monoisotopic (exact) mass is 559 g/mol. The standard InChI is InChI=1S/C26H25F2N3O5S.C2H6/c1-35-30-26(32)20-3-2-4-24(17-20)37(33,34)31-15-13-23(14-16-31)29-36-25(18-5-9-21(27)10-6-18)19-7-11-22(28)12-8-19;1-2/h2-12,17,25H,13-16H2,1H3,(H,30,32);1-2H3. The van der Waals surface area contributed by atoms with E-state index in [1.54, 1.807) is 24.3 Å². The molecule has 3 aromatic rings. The predicted octanol–water partition coefficient (Wildman–Crippen LogP) is 5.23. The molecule has 1 saturated heterocycles. The molecule has 3 aromatic carbocycles. The molecule has 1 heterocycles. The van der Waals surface area contributed by atoms with Gasteiger partial charge in [0.2, 0.25) is 10.0 Å². The molecule has 0 unspecified atom stereocenters. The van der Waals surface area contributed by atoms with Gasteiger partial charge in [0.1, 0.15) is 11.6 Å². The van der Waals surface area contributed by atoms with Crippen LogP contribution in [-0.2, 0) is 19.7 Å². The summed E-state index contributed by atoms with van der Waals surface area (Å²) in [6.07, 6.45) is -0.0258. The highest BCUT2D eigenvalue weighted by molar-refractivity contribution is 7.89. The summed E-state index contributed by atoms with van der Waals surface area (Å²) < 4.78 is 54.5. The molecule has 4 rings (SSSR count). The van der Waals surface area contributed by atoms with Crippen LogP contribution in [0.25, 0.3) is 0 Å². The highest BCUT2D eigenvalue weighted by Crippen LogP contribution is 2.28. The Kier molecular flexibility index (Phi) is 10.7. The average molecular weight is 560 g/mol. The lowest BCUT2D eigenvalue weighted by Crippen LogP contribution is -2.38. The van der Waals surface area contributed by atoms with E-state index >= 15 is 0 Å². The van der Waals surface area contributed by atoms with Gasteiger partial charge in [0.05, 0.1) is 17.7 Å². The van der Waals surface area contributed by atoms with E-state index in [2.05, 4.69) is 15.5 Å². The van der Waals surface area contributed by atoms with Crippen LogP contribution >= 0.6 is 0 Å². The Balaban J connectivity index is 0.00000205. The topological polar surface area (TPSA) is 97.3 Å². The average Bonchev–Trinajstić information content (AvgIpc) is 2.96. The third-order valence-corrected chi connectivity index (χ3v) is 7.76. The summed E-state index contributed by atoms with van der Waals surface area (Å²) in [5, 5.41) is 4.27. The van der Waals surface area contributed by atoms with Crippen LogP contribution < -0.4 is 5.48 Å². The first-order chi connectivity index (χ1) is 18.8. The molecule has 8 nitrogen and oxygen atoms in total. The molecule has 11 heteroatoms. The van der Waals surface area contributed by atoms with Crippen molar-refractivity contribution in [3.05, 3.63) is 101 Å². The van der Waals surface area contributed by atoms with Crippen molar-refractivity contribution in [3.63, 3.8) is 0 Å². The normalized spacial score (nSPS) is 13.8. The van der Waals surface area contributed by atoms with Gasteiger partial charge in [0.25, 0.3) is 5.91 Å². The van der Waals surface area contributed by atoms with Crippen LogP contribution in [0.5, 0.6) is 0 Å². The zero-order chi connectivity index (χ0) is 28.4.